The zero-order valence-corrected chi connectivity index (χ0v) is 19.7. The van der Waals surface area contributed by atoms with Gasteiger partial charge in [-0.2, -0.15) is 8.78 Å². The highest BCUT2D eigenvalue weighted by Gasteiger charge is 2.42. The molecule has 0 saturated heterocycles. The Morgan fingerprint density at radius 2 is 1.91 bits per heavy atom. The molecule has 0 bridgehead atoms. The van der Waals surface area contributed by atoms with E-state index < -0.39 is 42.2 Å². The monoisotopic (exact) mass is 478 g/mol. The van der Waals surface area contributed by atoms with Gasteiger partial charge in [-0.15, -0.1) is 0 Å². The molecule has 2 rings (SSSR count). The second-order valence-electron chi connectivity index (χ2n) is 8.90. The van der Waals surface area contributed by atoms with E-state index in [-0.39, 0.29) is 18.8 Å². The van der Waals surface area contributed by atoms with E-state index in [0.717, 1.165) is 11.6 Å². The van der Waals surface area contributed by atoms with Crippen molar-refractivity contribution in [2.24, 2.45) is 11.8 Å². The maximum atomic E-state index is 14.2. The van der Waals surface area contributed by atoms with E-state index in [1.165, 1.54) is 6.08 Å². The van der Waals surface area contributed by atoms with Gasteiger partial charge in [0.1, 0.15) is 0 Å². The minimum atomic E-state index is -3.40. The maximum absolute atomic E-state index is 14.2. The summed E-state index contributed by atoms with van der Waals surface area (Å²) in [5, 5.41) is 19.4. The first kappa shape index (κ1) is 27.9. The lowest BCUT2D eigenvalue weighted by Gasteiger charge is -2.22. The lowest BCUT2D eigenvalue weighted by Crippen LogP contribution is -2.28. The fraction of sp³-hybridized carbons (Fsp3) is 0.556. The summed E-state index contributed by atoms with van der Waals surface area (Å²) in [6.07, 6.45) is 7.51. The van der Waals surface area contributed by atoms with Crippen molar-refractivity contribution in [3.8, 4) is 0 Å². The first-order valence-corrected chi connectivity index (χ1v) is 12.1. The predicted octanol–water partition coefficient (Wildman–Crippen LogP) is 5.72. The molecule has 0 aliphatic heterocycles. The van der Waals surface area contributed by atoms with Crippen LogP contribution in [-0.4, -0.2) is 40.1 Å². The third kappa shape index (κ3) is 9.11. The molecule has 1 aromatic carbocycles. The van der Waals surface area contributed by atoms with Gasteiger partial charge in [0.05, 0.1) is 18.8 Å². The third-order valence-electron chi connectivity index (χ3n) is 6.21. The van der Waals surface area contributed by atoms with Gasteiger partial charge in [0.15, 0.2) is 0 Å². The van der Waals surface area contributed by atoms with Crippen molar-refractivity contribution in [1.29, 1.82) is 0 Å². The molecule has 1 aliphatic rings. The van der Waals surface area contributed by atoms with Crippen molar-refractivity contribution in [2.75, 3.05) is 0 Å². The molecule has 0 spiro atoms. The Labute approximate surface area is 200 Å². The summed E-state index contributed by atoms with van der Waals surface area (Å²) >= 11 is 0. The van der Waals surface area contributed by atoms with Crippen LogP contribution in [0.4, 0.5) is 8.78 Å². The molecule has 7 heteroatoms. The van der Waals surface area contributed by atoms with Crippen molar-refractivity contribution in [3.05, 3.63) is 60.2 Å². The van der Waals surface area contributed by atoms with Crippen LogP contribution in [0.5, 0.6) is 0 Å². The number of alkyl halides is 2. The third-order valence-corrected chi connectivity index (χ3v) is 6.21. The zero-order chi connectivity index (χ0) is 25.0. The van der Waals surface area contributed by atoms with E-state index in [2.05, 4.69) is 0 Å². The molecular formula is C27H36F2O5. The molecule has 1 aromatic rings. The fourth-order valence-corrected chi connectivity index (χ4v) is 4.22. The number of ketones is 1. The van der Waals surface area contributed by atoms with Crippen molar-refractivity contribution in [1.82, 2.24) is 0 Å². The lowest BCUT2D eigenvalue weighted by atomic mass is 9.89. The summed E-state index contributed by atoms with van der Waals surface area (Å²) in [7, 11) is 0. The Kier molecular flexibility index (Phi) is 11.6. The molecule has 0 aromatic heterocycles. The van der Waals surface area contributed by atoms with Crippen molar-refractivity contribution >= 4 is 11.8 Å². The van der Waals surface area contributed by atoms with Crippen molar-refractivity contribution in [3.63, 3.8) is 0 Å². The molecule has 1 aliphatic carbocycles. The predicted molar refractivity (Wildman–Crippen MR) is 126 cm³/mol. The Hall–Kier alpha value is -2.38. The highest BCUT2D eigenvalue weighted by Crippen LogP contribution is 2.39. The Balaban J connectivity index is 2.09. The van der Waals surface area contributed by atoms with E-state index >= 15 is 0 Å². The van der Waals surface area contributed by atoms with Crippen LogP contribution in [0, 0.1) is 11.8 Å². The first-order valence-electron chi connectivity index (χ1n) is 12.1. The van der Waals surface area contributed by atoms with E-state index in [1.807, 2.05) is 42.5 Å². The van der Waals surface area contributed by atoms with Crippen LogP contribution in [0.15, 0.2) is 54.6 Å². The minimum Gasteiger partial charge on any atom is -0.481 e. The number of rotatable bonds is 15. The van der Waals surface area contributed by atoms with Gasteiger partial charge in [0, 0.05) is 25.2 Å². The molecule has 0 radical (unpaired) electrons. The molecule has 1 fully saturated rings. The number of hydrogen-bond donors (Lipinski definition) is 2. The van der Waals surface area contributed by atoms with Gasteiger partial charge < -0.3 is 14.9 Å². The summed E-state index contributed by atoms with van der Waals surface area (Å²) in [5.74, 6) is -6.14. The summed E-state index contributed by atoms with van der Waals surface area (Å²) in [6.45, 7) is 2.12. The number of aliphatic hydroxyl groups excluding tert-OH is 1. The van der Waals surface area contributed by atoms with Crippen LogP contribution in [0.1, 0.15) is 63.9 Å². The highest BCUT2D eigenvalue weighted by molar-refractivity contribution is 5.95. The van der Waals surface area contributed by atoms with Crippen LogP contribution in [0.25, 0.3) is 0 Å². The number of carbonyl (C=O) groups excluding carboxylic acids is 1. The number of carboxylic acids is 1. The molecule has 4 atom stereocenters. The van der Waals surface area contributed by atoms with E-state index in [4.69, 9.17) is 9.84 Å². The van der Waals surface area contributed by atoms with Gasteiger partial charge in [-0.3, -0.25) is 9.59 Å². The largest absolute Gasteiger partial charge is 0.481 e. The number of allylic oxidation sites excluding steroid dienone is 3. The molecule has 2 N–H and O–H groups in total. The van der Waals surface area contributed by atoms with Gasteiger partial charge >= 0.3 is 11.9 Å². The van der Waals surface area contributed by atoms with E-state index in [9.17, 15) is 23.5 Å². The fourth-order valence-electron chi connectivity index (χ4n) is 4.22. The second-order valence-corrected chi connectivity index (χ2v) is 8.90. The van der Waals surface area contributed by atoms with Crippen LogP contribution < -0.4 is 0 Å². The number of carboxylic acid groups (broad SMARTS) is 1. The van der Waals surface area contributed by atoms with Crippen LogP contribution in [0.2, 0.25) is 0 Å². The Morgan fingerprint density at radius 1 is 1.18 bits per heavy atom. The summed E-state index contributed by atoms with van der Waals surface area (Å²) in [5.41, 5.74) is 0.962. The Morgan fingerprint density at radius 3 is 2.59 bits per heavy atom. The molecular weight excluding hydrogens is 442 g/mol. The first-order chi connectivity index (χ1) is 16.2. The van der Waals surface area contributed by atoms with Crippen LogP contribution in [-0.2, 0) is 20.9 Å². The molecule has 5 nitrogen and oxygen atoms in total. The van der Waals surface area contributed by atoms with E-state index in [1.54, 1.807) is 6.92 Å². The average molecular weight is 479 g/mol. The quantitative estimate of drug-likeness (QED) is 0.191. The highest BCUT2D eigenvalue weighted by atomic mass is 19.3. The molecule has 34 heavy (non-hydrogen) atoms. The number of halogens is 2. The number of benzene rings is 1. The van der Waals surface area contributed by atoms with E-state index in [0.29, 0.717) is 38.7 Å². The minimum absolute atomic E-state index is 0.0888. The summed E-state index contributed by atoms with van der Waals surface area (Å²) < 4.78 is 34.4. The Bertz CT molecular complexity index is 822. The second kappa shape index (κ2) is 14.1. The van der Waals surface area contributed by atoms with Gasteiger partial charge in [-0.1, -0.05) is 61.9 Å². The molecule has 188 valence electrons. The lowest BCUT2D eigenvalue weighted by molar-refractivity contribution is -0.138. The van der Waals surface area contributed by atoms with Crippen LogP contribution in [0.3, 0.4) is 0 Å². The number of carbonyl (C=O) groups is 2. The molecule has 0 unspecified atom stereocenters. The zero-order valence-electron chi connectivity index (χ0n) is 19.7. The molecule has 1 saturated carbocycles. The topological polar surface area (TPSA) is 83.8 Å². The van der Waals surface area contributed by atoms with Gasteiger partial charge in [-0.05, 0) is 43.2 Å². The standard InChI is InChI=1S/C27H36F2O5/c1-2-3-17-27(28,29)25(31)16-15-22-21(13-9-4-5-10-14-26(32)33)23(30)18-24(22)34-19-20-11-7-6-8-12-20/h4,6-9,11-12,15-16,21-24,30H,2-3,5,10,13-14,17-19H2,1H3,(H,32,33)/b9-4-,16-15+/t21-,22-,23+,24-/m1/s1. The summed E-state index contributed by atoms with van der Waals surface area (Å²) in [4.78, 5) is 22.8. The molecule has 0 amide bonds. The number of ether oxygens (including phenoxy) is 1. The SMILES string of the molecule is CCCCC(F)(F)C(=O)/C=C/[C@@H]1[C@@H](C/C=C\CCCC(=O)O)[C@@H](O)C[C@H]1OCc1ccccc1. The summed E-state index contributed by atoms with van der Waals surface area (Å²) in [6, 6.07) is 9.54. The van der Waals surface area contributed by atoms with Crippen molar-refractivity contribution in [2.45, 2.75) is 83.0 Å². The number of unbranched alkanes of at least 4 members (excludes halogenated alkanes) is 2. The average Bonchev–Trinajstić information content (AvgIpc) is 3.11. The van der Waals surface area contributed by atoms with Crippen molar-refractivity contribution < 1.29 is 33.3 Å². The normalized spacial score (nSPS) is 23.2. The number of aliphatic hydroxyl groups is 1. The number of aliphatic carboxylic acids is 1. The number of hydrogen-bond acceptors (Lipinski definition) is 4. The van der Waals surface area contributed by atoms with Crippen LogP contribution >= 0.6 is 0 Å². The van der Waals surface area contributed by atoms with Gasteiger partial charge in [0.2, 0.25) is 5.78 Å². The maximum Gasteiger partial charge on any atom is 0.309 e. The van der Waals surface area contributed by atoms with Gasteiger partial charge in [-0.25, -0.2) is 0 Å². The van der Waals surface area contributed by atoms with Gasteiger partial charge in [0.25, 0.3) is 0 Å². The molecule has 0 heterocycles. The smallest absolute Gasteiger partial charge is 0.309 e.